The zero-order chi connectivity index (χ0) is 13.9. The number of piperidine rings is 1. The molecule has 0 amide bonds. The third-order valence-corrected chi connectivity index (χ3v) is 5.56. The molecule has 1 heterocycles. The van der Waals surface area contributed by atoms with Gasteiger partial charge in [0, 0.05) is 23.1 Å². The predicted octanol–water partition coefficient (Wildman–Crippen LogP) is 1.49. The van der Waals surface area contributed by atoms with Crippen molar-refractivity contribution in [2.45, 2.75) is 23.8 Å². The molecule has 2 N–H and O–H groups in total. The Hall–Kier alpha value is -0.630. The molecule has 1 aromatic carbocycles. The lowest BCUT2D eigenvalue weighted by Crippen LogP contribution is -2.45. The van der Waals surface area contributed by atoms with E-state index in [0.717, 1.165) is 19.4 Å². The van der Waals surface area contributed by atoms with Crippen LogP contribution in [0, 0.1) is 0 Å². The highest BCUT2D eigenvalue weighted by Crippen LogP contribution is 2.26. The first-order valence-electron chi connectivity index (χ1n) is 6.09. The van der Waals surface area contributed by atoms with Gasteiger partial charge >= 0.3 is 0 Å². The second-order valence-corrected chi connectivity index (χ2v) is 7.00. The van der Waals surface area contributed by atoms with Crippen molar-refractivity contribution < 1.29 is 13.2 Å². The lowest BCUT2D eigenvalue weighted by Gasteiger charge is -2.24. The molecule has 1 saturated heterocycles. The Morgan fingerprint density at radius 2 is 2.26 bits per heavy atom. The molecular formula is C12H17BrN2O3S. The Labute approximate surface area is 121 Å². The van der Waals surface area contributed by atoms with Crippen LogP contribution in [0.2, 0.25) is 0 Å². The second kappa shape index (κ2) is 6.21. The van der Waals surface area contributed by atoms with Gasteiger partial charge in [-0.15, -0.1) is 0 Å². The molecule has 19 heavy (non-hydrogen) atoms. The monoisotopic (exact) mass is 348 g/mol. The number of halogens is 1. The fraction of sp³-hybridized carbons (Fsp3) is 0.500. The fourth-order valence-electron chi connectivity index (χ4n) is 2.05. The van der Waals surface area contributed by atoms with Crippen molar-refractivity contribution in [1.82, 2.24) is 10.0 Å². The predicted molar refractivity (Wildman–Crippen MR) is 76.9 cm³/mol. The lowest BCUT2D eigenvalue weighted by atomic mass is 10.1. The van der Waals surface area contributed by atoms with Gasteiger partial charge in [0.05, 0.1) is 12.0 Å². The molecule has 0 radical (unpaired) electrons. The number of ether oxygens (including phenoxy) is 1. The maximum atomic E-state index is 12.4. The molecule has 106 valence electrons. The standard InChI is InChI=1S/C12H17BrN2O3S/c1-18-10-4-5-11(13)12(7-10)19(16,17)15-9-3-2-6-14-8-9/h4-5,7,9,14-15H,2-3,6,8H2,1H3/t9-/m0/s1. The molecule has 1 atom stereocenters. The smallest absolute Gasteiger partial charge is 0.242 e. The highest BCUT2D eigenvalue weighted by atomic mass is 79.9. The van der Waals surface area contributed by atoms with Gasteiger partial charge in [-0.1, -0.05) is 0 Å². The molecule has 1 aliphatic rings. The van der Waals surface area contributed by atoms with Gasteiger partial charge in [0.2, 0.25) is 10.0 Å². The van der Waals surface area contributed by atoms with Crippen molar-refractivity contribution in [3.63, 3.8) is 0 Å². The average Bonchev–Trinajstić information content (AvgIpc) is 2.39. The molecule has 0 aromatic heterocycles. The summed E-state index contributed by atoms with van der Waals surface area (Å²) in [5.74, 6) is 0.519. The molecule has 1 aliphatic heterocycles. The Morgan fingerprint density at radius 3 is 2.89 bits per heavy atom. The van der Waals surface area contributed by atoms with Gasteiger partial charge in [0.1, 0.15) is 5.75 Å². The molecule has 7 heteroatoms. The van der Waals surface area contributed by atoms with E-state index in [2.05, 4.69) is 26.0 Å². The molecule has 0 spiro atoms. The van der Waals surface area contributed by atoms with E-state index < -0.39 is 10.0 Å². The van der Waals surface area contributed by atoms with E-state index in [1.54, 1.807) is 12.1 Å². The molecule has 1 fully saturated rings. The van der Waals surface area contributed by atoms with Gasteiger partial charge in [-0.3, -0.25) is 0 Å². The maximum absolute atomic E-state index is 12.4. The van der Waals surface area contributed by atoms with Crippen molar-refractivity contribution >= 4 is 26.0 Å². The summed E-state index contributed by atoms with van der Waals surface area (Å²) in [5, 5.41) is 3.18. The van der Waals surface area contributed by atoms with Gasteiger partial charge in [-0.25, -0.2) is 13.1 Å². The summed E-state index contributed by atoms with van der Waals surface area (Å²) < 4.78 is 33.1. The first-order chi connectivity index (χ1) is 9.03. The van der Waals surface area contributed by atoms with E-state index in [4.69, 9.17) is 4.74 Å². The van der Waals surface area contributed by atoms with Crippen LogP contribution >= 0.6 is 15.9 Å². The number of benzene rings is 1. The summed E-state index contributed by atoms with van der Waals surface area (Å²) in [7, 11) is -2.03. The van der Waals surface area contributed by atoms with E-state index in [1.807, 2.05) is 0 Å². The Bertz CT molecular complexity index is 542. The van der Waals surface area contributed by atoms with Crippen LogP contribution in [-0.4, -0.2) is 34.7 Å². The lowest BCUT2D eigenvalue weighted by molar-refractivity contribution is 0.412. The summed E-state index contributed by atoms with van der Waals surface area (Å²) in [5.41, 5.74) is 0. The zero-order valence-electron chi connectivity index (χ0n) is 10.6. The molecule has 0 unspecified atom stereocenters. The van der Waals surface area contributed by atoms with Crippen molar-refractivity contribution in [2.75, 3.05) is 20.2 Å². The number of hydrogen-bond acceptors (Lipinski definition) is 4. The fourth-order valence-corrected chi connectivity index (χ4v) is 4.30. The van der Waals surface area contributed by atoms with Gasteiger partial charge < -0.3 is 10.1 Å². The molecule has 5 nitrogen and oxygen atoms in total. The minimum absolute atomic E-state index is 0.0585. The van der Waals surface area contributed by atoms with E-state index in [0.29, 0.717) is 16.8 Å². The van der Waals surface area contributed by atoms with Crippen LogP contribution in [0.15, 0.2) is 27.6 Å². The quantitative estimate of drug-likeness (QED) is 0.864. The molecule has 1 aromatic rings. The number of rotatable bonds is 4. The van der Waals surface area contributed by atoms with Crippen molar-refractivity contribution in [3.8, 4) is 5.75 Å². The maximum Gasteiger partial charge on any atom is 0.242 e. The van der Waals surface area contributed by atoms with E-state index in [9.17, 15) is 8.42 Å². The summed E-state index contributed by atoms with van der Waals surface area (Å²) in [6, 6.07) is 4.84. The topological polar surface area (TPSA) is 67.4 Å². The number of sulfonamides is 1. The number of methoxy groups -OCH3 is 1. The number of nitrogens with one attached hydrogen (secondary N) is 2. The van der Waals surface area contributed by atoms with Crippen LogP contribution < -0.4 is 14.8 Å². The third-order valence-electron chi connectivity index (χ3n) is 3.05. The summed E-state index contributed by atoms with van der Waals surface area (Å²) >= 11 is 3.27. The summed E-state index contributed by atoms with van der Waals surface area (Å²) in [4.78, 5) is 0.206. The first kappa shape index (κ1) is 14.8. The van der Waals surface area contributed by atoms with Crippen LogP contribution in [-0.2, 0) is 10.0 Å². The van der Waals surface area contributed by atoms with Crippen molar-refractivity contribution in [2.24, 2.45) is 0 Å². The van der Waals surface area contributed by atoms with Gasteiger partial charge in [-0.2, -0.15) is 0 Å². The Kier molecular flexibility index (Phi) is 4.83. The van der Waals surface area contributed by atoms with Gasteiger partial charge in [0.15, 0.2) is 0 Å². The second-order valence-electron chi connectivity index (χ2n) is 4.46. The van der Waals surface area contributed by atoms with Crippen LogP contribution in [0.1, 0.15) is 12.8 Å². The van der Waals surface area contributed by atoms with Crippen LogP contribution in [0.5, 0.6) is 5.75 Å². The van der Waals surface area contributed by atoms with E-state index in [-0.39, 0.29) is 10.9 Å². The van der Waals surface area contributed by atoms with Gasteiger partial charge in [-0.05, 0) is 47.4 Å². The summed E-state index contributed by atoms with van der Waals surface area (Å²) in [6.07, 6.45) is 1.83. The molecule has 2 rings (SSSR count). The third kappa shape index (κ3) is 3.68. The van der Waals surface area contributed by atoms with Crippen LogP contribution in [0.25, 0.3) is 0 Å². The van der Waals surface area contributed by atoms with Crippen molar-refractivity contribution in [3.05, 3.63) is 22.7 Å². The number of hydrogen-bond donors (Lipinski definition) is 2. The summed E-state index contributed by atoms with van der Waals surface area (Å²) in [6.45, 7) is 1.61. The Balaban J connectivity index is 2.23. The minimum atomic E-state index is -3.54. The van der Waals surface area contributed by atoms with Crippen molar-refractivity contribution in [1.29, 1.82) is 0 Å². The van der Waals surface area contributed by atoms with E-state index >= 15 is 0 Å². The normalized spacial score (nSPS) is 20.2. The molecule has 0 saturated carbocycles. The molecular weight excluding hydrogens is 332 g/mol. The van der Waals surface area contributed by atoms with Crippen LogP contribution in [0.3, 0.4) is 0 Å². The first-order valence-corrected chi connectivity index (χ1v) is 8.37. The highest BCUT2D eigenvalue weighted by molar-refractivity contribution is 9.10. The van der Waals surface area contributed by atoms with Gasteiger partial charge in [0.25, 0.3) is 0 Å². The largest absolute Gasteiger partial charge is 0.497 e. The SMILES string of the molecule is COc1ccc(Br)c(S(=O)(=O)N[C@H]2CCCNC2)c1. The minimum Gasteiger partial charge on any atom is -0.497 e. The average molecular weight is 349 g/mol. The Morgan fingerprint density at radius 1 is 1.47 bits per heavy atom. The molecule has 0 aliphatic carbocycles. The molecule has 0 bridgehead atoms. The van der Waals surface area contributed by atoms with Crippen LogP contribution in [0.4, 0.5) is 0 Å². The highest BCUT2D eigenvalue weighted by Gasteiger charge is 2.24. The van der Waals surface area contributed by atoms with E-state index in [1.165, 1.54) is 13.2 Å². The zero-order valence-corrected chi connectivity index (χ0v) is 13.1.